The first kappa shape index (κ1) is 14.5. The van der Waals surface area contributed by atoms with Gasteiger partial charge < -0.3 is 21.1 Å². The molecule has 1 aliphatic heterocycles. The number of nitriles is 1. The number of anilines is 2. The normalized spacial score (nSPS) is 19.5. The van der Waals surface area contributed by atoms with Gasteiger partial charge in [-0.1, -0.05) is 0 Å². The van der Waals surface area contributed by atoms with Crippen LogP contribution >= 0.6 is 0 Å². The minimum absolute atomic E-state index is 0.198. The van der Waals surface area contributed by atoms with Gasteiger partial charge in [0.15, 0.2) is 0 Å². The minimum Gasteiger partial charge on any atom is -0.396 e. The Balaban J connectivity index is 1.78. The Labute approximate surface area is 118 Å². The fraction of sp³-hybridized carbons (Fsp3) is 0.615. The summed E-state index contributed by atoms with van der Waals surface area (Å²) < 4.78 is 0. The minimum atomic E-state index is 0.198. The van der Waals surface area contributed by atoms with Crippen LogP contribution in [0.3, 0.4) is 0 Å². The molecular weight excluding hydrogens is 256 g/mol. The smallest absolute Gasteiger partial charge is 0.224 e. The predicted octanol–water partition coefficient (Wildman–Crippen LogP) is 0.0467. The van der Waals surface area contributed by atoms with E-state index in [-0.39, 0.29) is 18.0 Å². The number of piperidine rings is 1. The van der Waals surface area contributed by atoms with Crippen LogP contribution < -0.4 is 11.1 Å². The maximum Gasteiger partial charge on any atom is 0.224 e. The number of nitrogens with two attached hydrogens (primary N) is 1. The zero-order chi connectivity index (χ0) is 14.4. The van der Waals surface area contributed by atoms with Gasteiger partial charge in [0.05, 0.1) is 6.20 Å². The summed E-state index contributed by atoms with van der Waals surface area (Å²) in [4.78, 5) is 10.4. The Kier molecular flexibility index (Phi) is 5.09. The molecule has 1 fully saturated rings. The molecule has 1 aliphatic rings. The standard InChI is InChI=1S/C13H20N6O/c14-6-11-7-17-13(18-12(11)15)16-3-5-19-4-1-2-10(8-19)9-20/h7,10,20H,1-5,8-9H2,(H3,15,16,17,18)/t10-/m1/s1. The fourth-order valence-electron chi connectivity index (χ4n) is 2.40. The van der Waals surface area contributed by atoms with Crippen LogP contribution in [0.4, 0.5) is 11.8 Å². The molecule has 1 aromatic rings. The quantitative estimate of drug-likeness (QED) is 0.696. The van der Waals surface area contributed by atoms with Gasteiger partial charge in [0.1, 0.15) is 17.5 Å². The number of nitrogens with one attached hydrogen (secondary N) is 1. The van der Waals surface area contributed by atoms with Crippen molar-refractivity contribution in [2.24, 2.45) is 5.92 Å². The third-order valence-electron chi connectivity index (χ3n) is 3.51. The van der Waals surface area contributed by atoms with Gasteiger partial charge in [-0.3, -0.25) is 0 Å². The van der Waals surface area contributed by atoms with E-state index in [1.807, 2.05) is 6.07 Å². The predicted molar refractivity (Wildman–Crippen MR) is 75.9 cm³/mol. The van der Waals surface area contributed by atoms with E-state index in [0.717, 1.165) is 32.5 Å². The number of aliphatic hydroxyl groups excluding tert-OH is 1. The molecule has 0 amide bonds. The van der Waals surface area contributed by atoms with Gasteiger partial charge in [0, 0.05) is 26.2 Å². The molecule has 1 aromatic heterocycles. The highest BCUT2D eigenvalue weighted by Crippen LogP contribution is 2.15. The second kappa shape index (κ2) is 7.03. The van der Waals surface area contributed by atoms with E-state index >= 15 is 0 Å². The van der Waals surface area contributed by atoms with Gasteiger partial charge >= 0.3 is 0 Å². The van der Waals surface area contributed by atoms with E-state index in [1.165, 1.54) is 6.20 Å². The molecule has 0 aromatic carbocycles. The Morgan fingerprint density at radius 3 is 3.15 bits per heavy atom. The zero-order valence-electron chi connectivity index (χ0n) is 11.4. The van der Waals surface area contributed by atoms with E-state index in [1.54, 1.807) is 0 Å². The molecule has 1 saturated heterocycles. The SMILES string of the molecule is N#Cc1cnc(NCCN2CCC[C@@H](CO)C2)nc1N. The zero-order valence-corrected chi connectivity index (χ0v) is 11.4. The first-order valence-corrected chi connectivity index (χ1v) is 6.82. The summed E-state index contributed by atoms with van der Waals surface area (Å²) in [6.07, 6.45) is 3.66. The van der Waals surface area contributed by atoms with Crippen molar-refractivity contribution >= 4 is 11.8 Å². The van der Waals surface area contributed by atoms with Crippen molar-refractivity contribution in [2.45, 2.75) is 12.8 Å². The van der Waals surface area contributed by atoms with Gasteiger partial charge in [0.2, 0.25) is 5.95 Å². The summed E-state index contributed by atoms with van der Waals surface area (Å²) >= 11 is 0. The molecule has 20 heavy (non-hydrogen) atoms. The van der Waals surface area contributed by atoms with Gasteiger partial charge in [-0.15, -0.1) is 0 Å². The van der Waals surface area contributed by atoms with Crippen molar-refractivity contribution in [3.05, 3.63) is 11.8 Å². The summed E-state index contributed by atoms with van der Waals surface area (Å²) in [5.41, 5.74) is 5.92. The first-order valence-electron chi connectivity index (χ1n) is 6.82. The molecule has 0 aliphatic carbocycles. The van der Waals surface area contributed by atoms with Gasteiger partial charge in [-0.25, -0.2) is 4.98 Å². The summed E-state index contributed by atoms with van der Waals surface area (Å²) in [5, 5.41) is 21.0. The third kappa shape index (κ3) is 3.79. The lowest BCUT2D eigenvalue weighted by Crippen LogP contribution is -2.39. The Bertz CT molecular complexity index is 486. The molecule has 7 heteroatoms. The van der Waals surface area contributed by atoms with Gasteiger partial charge in [-0.05, 0) is 25.3 Å². The molecule has 7 nitrogen and oxygen atoms in total. The van der Waals surface area contributed by atoms with Crippen molar-refractivity contribution in [1.82, 2.24) is 14.9 Å². The second-order valence-electron chi connectivity index (χ2n) is 5.02. The van der Waals surface area contributed by atoms with E-state index in [2.05, 4.69) is 20.2 Å². The highest BCUT2D eigenvalue weighted by molar-refractivity contribution is 5.49. The Morgan fingerprint density at radius 2 is 2.45 bits per heavy atom. The molecule has 0 bridgehead atoms. The molecule has 0 spiro atoms. The second-order valence-corrected chi connectivity index (χ2v) is 5.02. The molecule has 0 radical (unpaired) electrons. The topological polar surface area (TPSA) is 111 Å². The molecule has 108 valence electrons. The average Bonchev–Trinajstić information content (AvgIpc) is 2.48. The van der Waals surface area contributed by atoms with Crippen LogP contribution in [0.15, 0.2) is 6.20 Å². The summed E-state index contributed by atoms with van der Waals surface area (Å²) in [6, 6.07) is 1.93. The molecule has 0 saturated carbocycles. The first-order chi connectivity index (χ1) is 9.72. The third-order valence-corrected chi connectivity index (χ3v) is 3.51. The lowest BCUT2D eigenvalue weighted by molar-refractivity contribution is 0.123. The number of nitrogen functional groups attached to an aromatic ring is 1. The molecule has 2 rings (SSSR count). The van der Waals surface area contributed by atoms with E-state index in [4.69, 9.17) is 11.0 Å². The maximum atomic E-state index is 9.19. The average molecular weight is 276 g/mol. The van der Waals surface area contributed by atoms with Crippen LogP contribution in [-0.4, -0.2) is 52.8 Å². The van der Waals surface area contributed by atoms with Crippen LogP contribution in [0, 0.1) is 17.2 Å². The lowest BCUT2D eigenvalue weighted by Gasteiger charge is -2.31. The van der Waals surface area contributed by atoms with Crippen molar-refractivity contribution < 1.29 is 5.11 Å². The number of likely N-dealkylation sites (tertiary alicyclic amines) is 1. The molecule has 0 unspecified atom stereocenters. The lowest BCUT2D eigenvalue weighted by atomic mass is 9.99. The largest absolute Gasteiger partial charge is 0.396 e. The van der Waals surface area contributed by atoms with E-state index in [0.29, 0.717) is 18.4 Å². The number of aliphatic hydroxyl groups is 1. The molecular formula is C13H20N6O. The number of nitrogens with zero attached hydrogens (tertiary/aromatic N) is 4. The monoisotopic (exact) mass is 276 g/mol. The van der Waals surface area contributed by atoms with E-state index in [9.17, 15) is 5.11 Å². The highest BCUT2D eigenvalue weighted by atomic mass is 16.3. The molecule has 4 N–H and O–H groups in total. The van der Waals surface area contributed by atoms with E-state index < -0.39 is 0 Å². The highest BCUT2D eigenvalue weighted by Gasteiger charge is 2.18. The van der Waals surface area contributed by atoms with Crippen LogP contribution in [0.2, 0.25) is 0 Å². The Hall–Kier alpha value is -1.91. The van der Waals surface area contributed by atoms with Gasteiger partial charge in [0.25, 0.3) is 0 Å². The summed E-state index contributed by atoms with van der Waals surface area (Å²) in [7, 11) is 0. The van der Waals surface area contributed by atoms with Crippen LogP contribution in [0.5, 0.6) is 0 Å². The number of hydrogen-bond acceptors (Lipinski definition) is 7. The maximum absolute atomic E-state index is 9.19. The Morgan fingerprint density at radius 1 is 1.60 bits per heavy atom. The molecule has 2 heterocycles. The summed E-state index contributed by atoms with van der Waals surface area (Å²) in [6.45, 7) is 3.85. The van der Waals surface area contributed by atoms with Crippen molar-refractivity contribution in [1.29, 1.82) is 5.26 Å². The van der Waals surface area contributed by atoms with Crippen molar-refractivity contribution in [2.75, 3.05) is 43.8 Å². The number of aromatic nitrogens is 2. The van der Waals surface area contributed by atoms with Crippen molar-refractivity contribution in [3.8, 4) is 6.07 Å². The fourth-order valence-corrected chi connectivity index (χ4v) is 2.40. The molecule has 1 atom stereocenters. The van der Waals surface area contributed by atoms with Crippen molar-refractivity contribution in [3.63, 3.8) is 0 Å². The number of hydrogen-bond donors (Lipinski definition) is 3. The summed E-state index contributed by atoms with van der Waals surface area (Å²) in [5.74, 6) is 1.03. The van der Waals surface area contributed by atoms with Crippen LogP contribution in [0.25, 0.3) is 0 Å². The van der Waals surface area contributed by atoms with Crippen LogP contribution in [0.1, 0.15) is 18.4 Å². The number of rotatable bonds is 5. The van der Waals surface area contributed by atoms with Crippen LogP contribution in [-0.2, 0) is 0 Å². The van der Waals surface area contributed by atoms with Gasteiger partial charge in [-0.2, -0.15) is 10.2 Å².